The third-order valence-electron chi connectivity index (χ3n) is 24.5. The maximum absolute atomic E-state index is 15.9. The molecule has 3 aromatic carbocycles. The first kappa shape index (κ1) is 108. The lowest BCUT2D eigenvalue weighted by molar-refractivity contribution is -0.149. The fourth-order valence-corrected chi connectivity index (χ4v) is 17.7. The van der Waals surface area contributed by atoms with Gasteiger partial charge in [-0.15, -0.1) is 11.8 Å². The molecule has 6 heterocycles. The number of H-pyrrole nitrogens is 3. The van der Waals surface area contributed by atoms with Gasteiger partial charge in [0.2, 0.25) is 100 Å². The molecule has 138 heavy (non-hydrogen) atoms. The average Bonchev–Trinajstić information content (AvgIpc) is 1.70. The summed E-state index contributed by atoms with van der Waals surface area (Å²) in [6, 6.07) is -3.67. The number of benzene rings is 3. The van der Waals surface area contributed by atoms with Crippen molar-refractivity contribution in [2.24, 2.45) is 22.9 Å². The van der Waals surface area contributed by atoms with Crippen LogP contribution in [0.1, 0.15) is 139 Å². The number of nitrogens with zero attached hydrogens (tertiary/aromatic N) is 6. The summed E-state index contributed by atoms with van der Waals surface area (Å²) < 4.78 is 14.4. The Bertz CT molecular complexity index is 5350. The lowest BCUT2D eigenvalue weighted by atomic mass is 9.99. The number of hydrogen-bond acceptors (Lipinski definition) is 23. The standard InChI is InChI=1S/C91H126FN25O20S/c1-7-9-22-69-83(130)106-60(21-15-33-99-91(96)97)79(126)112-68(78(125)102-44-74(95)120)46-138-47-75(121)104-65(35-50-25-27-53(92)28-26-50)86(133)113(4)49(3)77(124)110-67(40-73(94)119)89(136)116-34-16-24-70(116)84(131)109-64(38-54-43-98-48-103-54)82(129)107-62(29-30-76(122)123)88(135)117-45-55(118)39-72(117)85(132)108-63(36-51-41-100-58-19-13-11-17-56(51)58)81(128)105-61(31-32-93)80(127)111-66(37-52-42-101-59-20-14-12-18-57(52)59)87(134)115(6)71(23-10-8-2)90(137)114(69)5/h11-14,17-20,25-28,41-43,48-49,55,60-72,100-101,118H,7-10,15-16,21-24,29-40,44-47,93H2,1-6H3,(H2,94,119)(H2,95,120)(H,98,103)(H,102,125)(H,104,121)(H,105,128)(H,106,130)(H,107,129)(H,108,132)(H,109,131)(H,110,124)(H,111,127)(H,112,126)(H,122,123)(H4,96,97,99)/t49-,55+,60-,61-,62-,63-,64-,65-,66-,67-,68-,69-,70?,71-,72-/m0/s1. The molecule has 3 aliphatic rings. The number of aliphatic hydroxyl groups is 1. The molecule has 0 spiro atoms. The van der Waals surface area contributed by atoms with Crippen LogP contribution in [0.15, 0.2) is 97.7 Å². The van der Waals surface area contributed by atoms with E-state index in [2.05, 4.69) is 78.4 Å². The number of carbonyl (C=O) groups excluding carboxylic acids is 17. The van der Waals surface area contributed by atoms with E-state index in [1.165, 1.54) is 52.7 Å². The number of carboxylic acids is 1. The Morgan fingerprint density at radius 2 is 1.08 bits per heavy atom. The third-order valence-corrected chi connectivity index (χ3v) is 25.5. The molecule has 47 heteroatoms. The summed E-state index contributed by atoms with van der Waals surface area (Å²) in [4.78, 5) is 282. The van der Waals surface area contributed by atoms with Crippen LogP contribution in [0.2, 0.25) is 0 Å². The fraction of sp³-hybridized carbons (Fsp3) is 0.516. The summed E-state index contributed by atoms with van der Waals surface area (Å²) >= 11 is 0.734. The van der Waals surface area contributed by atoms with E-state index in [4.69, 9.17) is 28.3 Å². The molecule has 3 fully saturated rings. The molecule has 15 atom stereocenters. The highest BCUT2D eigenvalue weighted by atomic mass is 32.2. The van der Waals surface area contributed by atoms with Crippen molar-refractivity contribution in [3.05, 3.63) is 126 Å². The van der Waals surface area contributed by atoms with Crippen molar-refractivity contribution in [1.29, 1.82) is 5.41 Å². The van der Waals surface area contributed by atoms with Gasteiger partial charge in [-0.2, -0.15) is 0 Å². The Morgan fingerprint density at radius 3 is 1.68 bits per heavy atom. The number of guanidine groups is 1. The summed E-state index contributed by atoms with van der Waals surface area (Å²) in [5, 5.41) is 59.5. The van der Waals surface area contributed by atoms with Crippen molar-refractivity contribution in [1.82, 2.24) is 103 Å². The Kier molecular flexibility index (Phi) is 40.3. The number of fused-ring (bicyclic) bond motifs is 4. The second kappa shape index (κ2) is 51.7. The van der Waals surface area contributed by atoms with Crippen LogP contribution in [-0.4, -0.2) is 323 Å². The number of imidazole rings is 1. The molecule has 0 saturated carbocycles. The van der Waals surface area contributed by atoms with Gasteiger partial charge in [-0.1, -0.05) is 88.1 Å². The predicted molar refractivity (Wildman–Crippen MR) is 502 cm³/mol. The van der Waals surface area contributed by atoms with Crippen LogP contribution in [-0.2, 0) is 112 Å². The molecule has 17 amide bonds. The molecule has 3 saturated heterocycles. The Balaban J connectivity index is 1.11. The van der Waals surface area contributed by atoms with Crippen molar-refractivity contribution < 1.29 is 101 Å². The van der Waals surface area contributed by atoms with Crippen LogP contribution in [0.3, 0.4) is 0 Å². The molecular weight excluding hydrogens is 1810 g/mol. The number of carbonyl (C=O) groups is 18. The third kappa shape index (κ3) is 30.2. The Hall–Kier alpha value is -14.1. The van der Waals surface area contributed by atoms with E-state index in [0.29, 0.717) is 64.2 Å². The van der Waals surface area contributed by atoms with Gasteiger partial charge in [0, 0.05) is 131 Å². The number of nitrogens with one attached hydrogen (secondary N) is 15. The number of halogens is 1. The van der Waals surface area contributed by atoms with E-state index in [1.807, 2.05) is 13.8 Å². The van der Waals surface area contributed by atoms with Crippen molar-refractivity contribution in [2.45, 2.75) is 233 Å². The molecule has 3 aliphatic heterocycles. The van der Waals surface area contributed by atoms with Crippen molar-refractivity contribution in [2.75, 3.05) is 65.4 Å². The van der Waals surface area contributed by atoms with E-state index < -0.39 is 266 Å². The number of likely N-dealkylation sites (N-methyl/N-ethyl adjacent to an activating group) is 3. The van der Waals surface area contributed by atoms with Crippen molar-refractivity contribution >= 4 is 146 Å². The van der Waals surface area contributed by atoms with Crippen LogP contribution >= 0.6 is 11.8 Å². The molecule has 6 aromatic rings. The fourth-order valence-electron chi connectivity index (χ4n) is 16.9. The number of hydrogen-bond donors (Lipinski definition) is 21. The predicted octanol–water partition coefficient (Wildman–Crippen LogP) is -3.32. The van der Waals surface area contributed by atoms with Gasteiger partial charge in [-0.25, -0.2) is 9.37 Å². The van der Waals surface area contributed by atoms with Gasteiger partial charge in [0.05, 0.1) is 31.1 Å². The molecule has 0 radical (unpaired) electrons. The van der Waals surface area contributed by atoms with E-state index in [1.54, 1.807) is 60.9 Å². The van der Waals surface area contributed by atoms with Gasteiger partial charge in [0.1, 0.15) is 90.4 Å². The molecule has 1 unspecified atom stereocenters. The topological polar surface area (TPSA) is 684 Å². The number of aliphatic hydroxyl groups excluding tert-OH is 1. The second-order valence-electron chi connectivity index (χ2n) is 34.6. The van der Waals surface area contributed by atoms with E-state index >= 15 is 38.4 Å². The number of primary amides is 2. The van der Waals surface area contributed by atoms with Crippen molar-refractivity contribution in [3.63, 3.8) is 0 Å². The number of aliphatic carboxylic acids is 1. The summed E-state index contributed by atoms with van der Waals surface area (Å²) in [5.74, 6) is -20.4. The SMILES string of the molecule is CCCC[C@H]1C(=O)N(C)[C@@H](CCCC)C(=O)N[C@@H](CCCNC(=N)N)C(=O)N[C@H](C(=O)NCC(N)=O)CSCC(=O)N[C@@H](Cc2ccc(F)cc2)C(=O)N(C)[C@@H](C)C(=O)N[C@@H](CC(N)=O)C(=O)N2CCCC2C(=O)N[C@@H](Cc2cnc[nH]2)C(=O)N[C@@H](CCC(=O)O)C(=O)N2C[C@H](O)C[C@H]2C(=O)N[C@@H](Cc2c[nH]c3ccccc23)C(=O)N[C@@H](CCN)C(=O)N[C@@H](Cc2c[nH]c3ccccc23)C(=O)N1C. The summed E-state index contributed by atoms with van der Waals surface area (Å²) in [5.41, 5.74) is 25.8. The minimum absolute atomic E-state index is 0.0136. The Labute approximate surface area is 799 Å². The van der Waals surface area contributed by atoms with Crippen LogP contribution < -0.4 is 81.4 Å². The van der Waals surface area contributed by atoms with Gasteiger partial charge in [-0.05, 0) is 106 Å². The first-order valence-electron chi connectivity index (χ1n) is 45.8. The van der Waals surface area contributed by atoms with Gasteiger partial charge >= 0.3 is 5.97 Å². The lowest BCUT2D eigenvalue weighted by Crippen LogP contribution is -2.61. The number of thioether (sulfide) groups is 1. The second-order valence-corrected chi connectivity index (χ2v) is 35.7. The monoisotopic (exact) mass is 1940 g/mol. The summed E-state index contributed by atoms with van der Waals surface area (Å²) in [7, 11) is 3.87. The van der Waals surface area contributed by atoms with Gasteiger partial charge in [0.15, 0.2) is 5.96 Å². The molecule has 0 aliphatic carbocycles. The highest BCUT2D eigenvalue weighted by Gasteiger charge is 2.47. The zero-order valence-corrected chi connectivity index (χ0v) is 78.6. The first-order valence-corrected chi connectivity index (χ1v) is 47.0. The minimum Gasteiger partial charge on any atom is -0.481 e. The lowest BCUT2D eigenvalue weighted by Gasteiger charge is -2.36. The number of unbranched alkanes of at least 4 members (excludes halogenated alkanes) is 2. The van der Waals surface area contributed by atoms with Crippen molar-refractivity contribution in [3.8, 4) is 0 Å². The van der Waals surface area contributed by atoms with Gasteiger partial charge in [0.25, 0.3) is 0 Å². The molecule has 45 nitrogen and oxygen atoms in total. The van der Waals surface area contributed by atoms with Gasteiger partial charge < -0.3 is 131 Å². The van der Waals surface area contributed by atoms with E-state index in [-0.39, 0.29) is 89.5 Å². The molecule has 9 rings (SSSR count). The molecular formula is C91H126FN25O20S. The zero-order chi connectivity index (χ0) is 101. The maximum Gasteiger partial charge on any atom is 0.303 e. The van der Waals surface area contributed by atoms with Crippen LogP contribution in [0, 0.1) is 11.2 Å². The average molecular weight is 1940 g/mol. The largest absolute Gasteiger partial charge is 0.481 e. The highest BCUT2D eigenvalue weighted by molar-refractivity contribution is 8.00. The van der Waals surface area contributed by atoms with Crippen LogP contribution in [0.4, 0.5) is 4.39 Å². The minimum atomic E-state index is -1.85. The smallest absolute Gasteiger partial charge is 0.303 e. The molecule has 748 valence electrons. The number of carboxylic acid groups (broad SMARTS) is 1. The number of aromatic amines is 3. The quantitative estimate of drug-likeness (QED) is 0.0130. The van der Waals surface area contributed by atoms with E-state index in [9.17, 15) is 62.5 Å². The summed E-state index contributed by atoms with van der Waals surface area (Å²) in [6.45, 7) is 3.09. The zero-order valence-electron chi connectivity index (χ0n) is 77.8. The maximum atomic E-state index is 15.9. The summed E-state index contributed by atoms with van der Waals surface area (Å²) in [6.07, 6.45) is 1.26. The van der Waals surface area contributed by atoms with Crippen LogP contribution in [0.5, 0.6) is 0 Å². The molecule has 3 aromatic heterocycles. The molecule has 0 bridgehead atoms. The normalized spacial score (nSPS) is 24.4. The number of rotatable bonds is 28. The number of aromatic nitrogens is 4. The van der Waals surface area contributed by atoms with Crippen LogP contribution in [0.25, 0.3) is 21.8 Å². The number of para-hydroxylation sites is 2. The Morgan fingerprint density at radius 1 is 0.543 bits per heavy atom. The van der Waals surface area contributed by atoms with Gasteiger partial charge in [-0.3, -0.25) is 91.7 Å². The van der Waals surface area contributed by atoms with E-state index in [0.717, 1.165) is 48.4 Å². The number of nitrogens with two attached hydrogens (primary N) is 4. The molecule has 25 N–H and O–H groups in total. The first-order chi connectivity index (χ1) is 65.8. The highest BCUT2D eigenvalue weighted by Crippen LogP contribution is 2.28. The number of amides is 17.